The van der Waals surface area contributed by atoms with Crippen LogP contribution in [0.25, 0.3) is 0 Å². The highest BCUT2D eigenvalue weighted by Crippen LogP contribution is 2.27. The summed E-state index contributed by atoms with van der Waals surface area (Å²) in [6.07, 6.45) is 0. The number of carbonyl (C=O) groups excluding carboxylic acids is 2. The standard InChI is InChI=1S/C13H15FN2O3/c1-15-11(9-3-5-10(14)6-4-9)7-16(13(15)18)8-12(17)19-2/h3-6,11H,7-8H2,1-2H3. The van der Waals surface area contributed by atoms with Gasteiger partial charge in [-0.2, -0.15) is 0 Å². The summed E-state index contributed by atoms with van der Waals surface area (Å²) in [6, 6.07) is 5.59. The maximum absolute atomic E-state index is 12.9. The highest BCUT2D eigenvalue weighted by molar-refractivity contribution is 5.82. The summed E-state index contributed by atoms with van der Waals surface area (Å²) in [7, 11) is 2.94. The van der Waals surface area contributed by atoms with E-state index in [2.05, 4.69) is 4.74 Å². The minimum absolute atomic E-state index is 0.0721. The van der Waals surface area contributed by atoms with E-state index in [1.807, 2.05) is 0 Å². The van der Waals surface area contributed by atoms with Crippen molar-refractivity contribution in [3.8, 4) is 0 Å². The molecule has 0 aliphatic carbocycles. The molecule has 0 aromatic heterocycles. The average molecular weight is 266 g/mol. The number of carbonyl (C=O) groups is 2. The number of hydrogen-bond acceptors (Lipinski definition) is 3. The van der Waals surface area contributed by atoms with Crippen molar-refractivity contribution in [2.75, 3.05) is 27.2 Å². The van der Waals surface area contributed by atoms with Crippen LogP contribution in [-0.2, 0) is 9.53 Å². The zero-order chi connectivity index (χ0) is 14.0. The Morgan fingerprint density at radius 3 is 2.63 bits per heavy atom. The summed E-state index contributed by atoms with van der Waals surface area (Å²) < 4.78 is 17.4. The molecule has 1 aromatic rings. The van der Waals surface area contributed by atoms with E-state index >= 15 is 0 Å². The topological polar surface area (TPSA) is 49.9 Å². The van der Waals surface area contributed by atoms with Gasteiger partial charge in [0.25, 0.3) is 0 Å². The SMILES string of the molecule is COC(=O)CN1CC(c2ccc(F)cc2)N(C)C1=O. The summed E-state index contributed by atoms with van der Waals surface area (Å²) in [5.41, 5.74) is 0.838. The lowest BCUT2D eigenvalue weighted by atomic mass is 10.1. The van der Waals surface area contributed by atoms with Crippen LogP contribution in [0.3, 0.4) is 0 Å². The molecule has 1 aliphatic rings. The van der Waals surface area contributed by atoms with Crippen molar-refractivity contribution in [1.29, 1.82) is 0 Å². The van der Waals surface area contributed by atoms with Crippen LogP contribution < -0.4 is 0 Å². The van der Waals surface area contributed by atoms with E-state index in [1.54, 1.807) is 19.2 Å². The van der Waals surface area contributed by atoms with Crippen LogP contribution in [0.5, 0.6) is 0 Å². The molecular weight excluding hydrogens is 251 g/mol. The maximum atomic E-state index is 12.9. The molecule has 1 unspecified atom stereocenters. The second kappa shape index (κ2) is 5.26. The number of halogens is 1. The predicted octanol–water partition coefficient (Wildman–Crippen LogP) is 1.41. The highest BCUT2D eigenvalue weighted by atomic mass is 19.1. The third-order valence-electron chi connectivity index (χ3n) is 3.24. The Labute approximate surface area is 110 Å². The first kappa shape index (κ1) is 13.3. The molecule has 0 bridgehead atoms. The Bertz CT molecular complexity index is 489. The van der Waals surface area contributed by atoms with Gasteiger partial charge in [-0.15, -0.1) is 0 Å². The summed E-state index contributed by atoms with van der Waals surface area (Å²) in [5, 5.41) is 0. The molecule has 102 valence electrons. The van der Waals surface area contributed by atoms with E-state index < -0.39 is 5.97 Å². The fourth-order valence-electron chi connectivity index (χ4n) is 2.13. The number of methoxy groups -OCH3 is 1. The third kappa shape index (κ3) is 2.67. The lowest BCUT2D eigenvalue weighted by molar-refractivity contribution is -0.141. The lowest BCUT2D eigenvalue weighted by Crippen LogP contribution is -2.34. The Hall–Kier alpha value is -2.11. The fourth-order valence-corrected chi connectivity index (χ4v) is 2.13. The van der Waals surface area contributed by atoms with Gasteiger partial charge in [0.05, 0.1) is 13.2 Å². The Kier molecular flexibility index (Phi) is 3.69. The molecule has 0 N–H and O–H groups in total. The van der Waals surface area contributed by atoms with Crippen molar-refractivity contribution in [3.05, 3.63) is 35.6 Å². The molecule has 6 heteroatoms. The molecule has 1 aromatic carbocycles. The van der Waals surface area contributed by atoms with Gasteiger partial charge in [0.15, 0.2) is 0 Å². The molecule has 1 aliphatic heterocycles. The molecule has 0 saturated carbocycles. The second-order valence-corrected chi connectivity index (χ2v) is 4.42. The summed E-state index contributed by atoms with van der Waals surface area (Å²) in [5.74, 6) is -0.774. The van der Waals surface area contributed by atoms with Gasteiger partial charge >= 0.3 is 12.0 Å². The van der Waals surface area contributed by atoms with Gasteiger partial charge in [-0.25, -0.2) is 9.18 Å². The quantitative estimate of drug-likeness (QED) is 0.777. The second-order valence-electron chi connectivity index (χ2n) is 4.42. The highest BCUT2D eigenvalue weighted by Gasteiger charge is 2.36. The third-order valence-corrected chi connectivity index (χ3v) is 3.24. The number of amides is 2. The molecule has 1 heterocycles. The van der Waals surface area contributed by atoms with E-state index in [9.17, 15) is 14.0 Å². The van der Waals surface area contributed by atoms with Crippen LogP contribution >= 0.6 is 0 Å². The Balaban J connectivity index is 2.14. The first-order chi connectivity index (χ1) is 9.02. The number of ether oxygens (including phenoxy) is 1. The maximum Gasteiger partial charge on any atom is 0.325 e. The molecule has 1 atom stereocenters. The molecule has 0 spiro atoms. The number of rotatable bonds is 3. The van der Waals surface area contributed by atoms with Crippen LogP contribution in [0, 0.1) is 5.82 Å². The summed E-state index contributed by atoms with van der Waals surface area (Å²) in [6.45, 7) is 0.313. The number of hydrogen-bond donors (Lipinski definition) is 0. The monoisotopic (exact) mass is 266 g/mol. The Morgan fingerprint density at radius 2 is 2.05 bits per heavy atom. The van der Waals surface area contributed by atoms with Gasteiger partial charge in [0.2, 0.25) is 0 Å². The van der Waals surface area contributed by atoms with Gasteiger partial charge < -0.3 is 14.5 Å². The molecule has 1 fully saturated rings. The minimum Gasteiger partial charge on any atom is -0.468 e. The fraction of sp³-hybridized carbons (Fsp3) is 0.385. The van der Waals surface area contributed by atoms with Gasteiger partial charge in [-0.3, -0.25) is 4.79 Å². The predicted molar refractivity (Wildman–Crippen MR) is 65.9 cm³/mol. The lowest BCUT2D eigenvalue weighted by Gasteiger charge is -2.17. The molecule has 5 nitrogen and oxygen atoms in total. The van der Waals surface area contributed by atoms with Crippen LogP contribution in [0.15, 0.2) is 24.3 Å². The van der Waals surface area contributed by atoms with Crippen LogP contribution in [-0.4, -0.2) is 49.0 Å². The smallest absolute Gasteiger partial charge is 0.325 e. The minimum atomic E-state index is -0.457. The first-order valence-electron chi connectivity index (χ1n) is 5.87. The van der Waals surface area contributed by atoms with Crippen LogP contribution in [0.2, 0.25) is 0 Å². The molecule has 0 radical (unpaired) electrons. The summed E-state index contributed by atoms with van der Waals surface area (Å²) >= 11 is 0. The van der Waals surface area contributed by atoms with Crippen molar-refractivity contribution in [2.45, 2.75) is 6.04 Å². The van der Waals surface area contributed by atoms with E-state index in [-0.39, 0.29) is 24.4 Å². The molecule has 1 saturated heterocycles. The van der Waals surface area contributed by atoms with Crippen molar-refractivity contribution in [1.82, 2.24) is 9.80 Å². The van der Waals surface area contributed by atoms with Crippen molar-refractivity contribution < 1.29 is 18.7 Å². The van der Waals surface area contributed by atoms with Crippen LogP contribution in [0.4, 0.5) is 9.18 Å². The number of nitrogens with zero attached hydrogens (tertiary/aromatic N) is 2. The molecular formula is C13H15FN2O3. The first-order valence-corrected chi connectivity index (χ1v) is 5.87. The van der Waals surface area contributed by atoms with Crippen molar-refractivity contribution >= 4 is 12.0 Å². The molecule has 19 heavy (non-hydrogen) atoms. The van der Waals surface area contributed by atoms with E-state index in [0.29, 0.717) is 6.54 Å². The van der Waals surface area contributed by atoms with E-state index in [4.69, 9.17) is 0 Å². The largest absolute Gasteiger partial charge is 0.468 e. The van der Waals surface area contributed by atoms with Crippen molar-refractivity contribution in [2.24, 2.45) is 0 Å². The van der Waals surface area contributed by atoms with Crippen molar-refractivity contribution in [3.63, 3.8) is 0 Å². The number of benzene rings is 1. The number of urea groups is 1. The molecule has 2 amide bonds. The number of esters is 1. The number of likely N-dealkylation sites (N-methyl/N-ethyl adjacent to an activating group) is 1. The van der Waals surface area contributed by atoms with Gasteiger partial charge in [0.1, 0.15) is 12.4 Å². The zero-order valence-corrected chi connectivity index (χ0v) is 10.8. The van der Waals surface area contributed by atoms with E-state index in [1.165, 1.54) is 29.0 Å². The van der Waals surface area contributed by atoms with Gasteiger partial charge in [-0.05, 0) is 17.7 Å². The zero-order valence-electron chi connectivity index (χ0n) is 10.8. The Morgan fingerprint density at radius 1 is 1.42 bits per heavy atom. The van der Waals surface area contributed by atoms with Crippen LogP contribution in [0.1, 0.15) is 11.6 Å². The molecule has 2 rings (SSSR count). The normalized spacial score (nSPS) is 18.9. The van der Waals surface area contributed by atoms with Gasteiger partial charge in [-0.1, -0.05) is 12.1 Å². The van der Waals surface area contributed by atoms with Gasteiger partial charge in [0, 0.05) is 13.6 Å². The van der Waals surface area contributed by atoms with E-state index in [0.717, 1.165) is 5.56 Å². The average Bonchev–Trinajstić information content (AvgIpc) is 2.68. The summed E-state index contributed by atoms with van der Waals surface area (Å²) in [4.78, 5) is 26.2.